The van der Waals surface area contributed by atoms with Crippen molar-refractivity contribution in [3.05, 3.63) is 35.9 Å². The van der Waals surface area contributed by atoms with E-state index >= 15 is 0 Å². The van der Waals surface area contributed by atoms with Gasteiger partial charge in [0.15, 0.2) is 0 Å². The van der Waals surface area contributed by atoms with Gasteiger partial charge in [-0.1, -0.05) is 30.3 Å². The number of carbonyl (C=O) groups is 3. The van der Waals surface area contributed by atoms with Crippen LogP contribution in [-0.4, -0.2) is 64.6 Å². The molecule has 38 heavy (non-hydrogen) atoms. The van der Waals surface area contributed by atoms with Gasteiger partial charge in [-0.05, 0) is 49.5 Å². The van der Waals surface area contributed by atoms with Gasteiger partial charge in [0.05, 0.1) is 12.1 Å². The largest absolute Gasteiger partial charge is 0.480 e. The molecule has 1 heterocycles. The zero-order valence-corrected chi connectivity index (χ0v) is 21.0. The molecule has 8 nitrogen and oxygen atoms in total. The average Bonchev–Trinajstić information content (AvgIpc) is 3.23. The molecule has 2 amide bonds. The Labute approximate surface area is 218 Å². The van der Waals surface area contributed by atoms with E-state index in [-0.39, 0.29) is 69.8 Å². The van der Waals surface area contributed by atoms with Crippen molar-refractivity contribution in [3.63, 3.8) is 0 Å². The van der Waals surface area contributed by atoms with Crippen LogP contribution in [0.3, 0.4) is 0 Å². The highest BCUT2D eigenvalue weighted by molar-refractivity contribution is 5.96. The molecule has 0 unspecified atom stereocenters. The summed E-state index contributed by atoms with van der Waals surface area (Å²) < 4.78 is 56.9. The third-order valence-corrected chi connectivity index (χ3v) is 7.62. The lowest BCUT2D eigenvalue weighted by molar-refractivity contribution is -0.141. The number of cyclic esters (lactones) is 1. The molecule has 0 radical (unpaired) electrons. The van der Waals surface area contributed by atoms with Crippen LogP contribution in [0.1, 0.15) is 56.9 Å². The van der Waals surface area contributed by atoms with Crippen LogP contribution in [0.4, 0.5) is 22.4 Å². The number of alkyl halides is 4. The van der Waals surface area contributed by atoms with Crippen LogP contribution in [-0.2, 0) is 20.7 Å². The van der Waals surface area contributed by atoms with Crippen molar-refractivity contribution in [2.45, 2.75) is 87.8 Å². The molecular weight excluding hydrogens is 510 g/mol. The Kier molecular flexibility index (Phi) is 9.74. The monoisotopic (exact) mass is 545 g/mol. The lowest BCUT2D eigenvalue weighted by Crippen LogP contribution is -2.52. The fraction of sp³-hybridized carbons (Fsp3) is 0.654. The van der Waals surface area contributed by atoms with Crippen molar-refractivity contribution < 1.29 is 41.8 Å². The van der Waals surface area contributed by atoms with E-state index in [4.69, 9.17) is 21.3 Å². The van der Waals surface area contributed by atoms with Gasteiger partial charge in [0, 0.05) is 25.7 Å². The van der Waals surface area contributed by atoms with E-state index in [9.17, 15) is 31.9 Å². The molecule has 4 rings (SSSR count). The second kappa shape index (κ2) is 12.4. The van der Waals surface area contributed by atoms with Crippen LogP contribution in [0.2, 0.25) is 0 Å². The Morgan fingerprint density at radius 2 is 1.39 bits per heavy atom. The number of carbonyl (C=O) groups excluding carboxylic acids is 2. The van der Waals surface area contributed by atoms with Crippen LogP contribution in [0, 0.1) is 11.8 Å². The number of imide groups is 1. The van der Waals surface area contributed by atoms with Gasteiger partial charge in [0.25, 0.3) is 0 Å². The number of hydrogen-bond acceptors (Lipinski definition) is 6. The van der Waals surface area contributed by atoms with Crippen molar-refractivity contribution in [2.75, 3.05) is 6.61 Å². The molecule has 2 aliphatic carbocycles. The maximum Gasteiger partial charge on any atom is 0.417 e. The summed E-state index contributed by atoms with van der Waals surface area (Å²) >= 11 is 0. The molecule has 2 saturated carbocycles. The first-order valence-electron chi connectivity index (χ1n) is 12.8. The topological polar surface area (TPSA) is 136 Å². The number of hydrogen-bond donors (Lipinski definition) is 3. The van der Waals surface area contributed by atoms with E-state index in [1.165, 1.54) is 0 Å². The van der Waals surface area contributed by atoms with Crippen LogP contribution >= 0.6 is 0 Å². The van der Waals surface area contributed by atoms with Crippen LogP contribution in [0.25, 0.3) is 0 Å². The number of nitrogens with zero attached hydrogens (tertiary/aromatic N) is 1. The summed E-state index contributed by atoms with van der Waals surface area (Å²) in [4.78, 5) is 36.3. The van der Waals surface area contributed by atoms with Gasteiger partial charge < -0.3 is 21.3 Å². The van der Waals surface area contributed by atoms with Crippen molar-refractivity contribution in [2.24, 2.45) is 23.3 Å². The summed E-state index contributed by atoms with van der Waals surface area (Å²) in [5.74, 6) is -7.56. The van der Waals surface area contributed by atoms with Gasteiger partial charge in [-0.2, -0.15) is 0 Å². The maximum atomic E-state index is 13.3. The highest BCUT2D eigenvalue weighted by Gasteiger charge is 2.44. The molecule has 1 aliphatic heterocycles. The molecule has 0 aromatic heterocycles. The van der Waals surface area contributed by atoms with E-state index in [1.807, 2.05) is 30.3 Å². The smallest absolute Gasteiger partial charge is 0.417 e. The Balaban J connectivity index is 0.000000260. The molecule has 3 aliphatic rings. The van der Waals surface area contributed by atoms with E-state index < -0.39 is 47.9 Å². The Morgan fingerprint density at radius 1 is 0.921 bits per heavy atom. The standard InChI is InChI=1S/C18H22F2N2O3.C8H13F2NO2/c19-18(20)8-6-13(7-9-18)15(21)16(23)22-14(11-25-17(22)24)10-12-4-2-1-3-5-12;9-8(10)3-1-5(2-4-8)6(11)7(12)13/h1-5,13-15H,6-11,21H2;5-6H,1-4,11H2,(H,12,13)/t14-,15-;6-/m00/s1. The minimum absolute atomic E-state index is 0.120. The minimum Gasteiger partial charge on any atom is -0.480 e. The molecule has 0 bridgehead atoms. The summed E-state index contributed by atoms with van der Waals surface area (Å²) in [6, 6.07) is 7.11. The van der Waals surface area contributed by atoms with Gasteiger partial charge in [-0.3, -0.25) is 9.59 Å². The van der Waals surface area contributed by atoms with Gasteiger partial charge >= 0.3 is 12.1 Å². The molecule has 1 aromatic rings. The summed E-state index contributed by atoms with van der Waals surface area (Å²) in [5, 5.41) is 8.55. The summed E-state index contributed by atoms with van der Waals surface area (Å²) in [7, 11) is 0. The first-order valence-corrected chi connectivity index (χ1v) is 12.8. The summed E-state index contributed by atoms with van der Waals surface area (Å²) in [5.41, 5.74) is 12.4. The third-order valence-electron chi connectivity index (χ3n) is 7.62. The number of halogens is 4. The molecule has 0 spiro atoms. The van der Waals surface area contributed by atoms with Crippen molar-refractivity contribution >= 4 is 18.0 Å². The highest BCUT2D eigenvalue weighted by atomic mass is 19.3. The molecule has 12 heteroatoms. The number of amides is 2. The van der Waals surface area contributed by atoms with E-state index in [0.29, 0.717) is 6.42 Å². The first-order chi connectivity index (χ1) is 17.8. The van der Waals surface area contributed by atoms with Crippen molar-refractivity contribution in [1.82, 2.24) is 4.90 Å². The Bertz CT molecular complexity index is 961. The summed E-state index contributed by atoms with van der Waals surface area (Å²) in [6.45, 7) is 0.120. The average molecular weight is 546 g/mol. The molecule has 5 N–H and O–H groups in total. The molecule has 1 saturated heterocycles. The fourth-order valence-corrected chi connectivity index (χ4v) is 5.17. The molecule has 1 aromatic carbocycles. The second-order valence-corrected chi connectivity index (χ2v) is 10.4. The number of aliphatic carboxylic acids is 1. The maximum absolute atomic E-state index is 13.3. The van der Waals surface area contributed by atoms with Gasteiger partial charge in [-0.15, -0.1) is 0 Å². The lowest BCUT2D eigenvalue weighted by Gasteiger charge is -2.33. The van der Waals surface area contributed by atoms with Gasteiger partial charge in [-0.25, -0.2) is 27.3 Å². The Morgan fingerprint density at radius 3 is 1.87 bits per heavy atom. The highest BCUT2D eigenvalue weighted by Crippen LogP contribution is 2.38. The normalized spacial score (nSPS) is 25.1. The predicted molar refractivity (Wildman–Crippen MR) is 130 cm³/mol. The second-order valence-electron chi connectivity index (χ2n) is 10.4. The number of benzene rings is 1. The van der Waals surface area contributed by atoms with E-state index in [0.717, 1.165) is 10.5 Å². The zero-order chi connectivity index (χ0) is 28.1. The molecule has 3 fully saturated rings. The Hall–Kier alpha value is -2.73. The quantitative estimate of drug-likeness (QED) is 0.461. The number of carboxylic acids is 1. The fourth-order valence-electron chi connectivity index (χ4n) is 5.17. The predicted octanol–water partition coefficient (Wildman–Crippen LogP) is 3.95. The number of carboxylic acid groups (broad SMARTS) is 1. The third kappa shape index (κ3) is 7.89. The lowest BCUT2D eigenvalue weighted by atomic mass is 9.82. The van der Waals surface area contributed by atoms with E-state index in [2.05, 4.69) is 0 Å². The van der Waals surface area contributed by atoms with Crippen LogP contribution in [0.15, 0.2) is 30.3 Å². The van der Waals surface area contributed by atoms with Crippen molar-refractivity contribution in [1.29, 1.82) is 0 Å². The first kappa shape index (κ1) is 29.8. The number of ether oxygens (including phenoxy) is 1. The van der Waals surface area contributed by atoms with Gasteiger partial charge in [0.2, 0.25) is 17.8 Å². The number of nitrogens with two attached hydrogens (primary N) is 2. The minimum atomic E-state index is -2.68. The molecule has 3 atom stereocenters. The van der Waals surface area contributed by atoms with Gasteiger partial charge in [0.1, 0.15) is 12.6 Å². The van der Waals surface area contributed by atoms with Crippen molar-refractivity contribution in [3.8, 4) is 0 Å². The van der Waals surface area contributed by atoms with Crippen LogP contribution in [0.5, 0.6) is 0 Å². The molecule has 212 valence electrons. The molecular formula is C26H35F4N3O5. The van der Waals surface area contributed by atoms with E-state index in [1.54, 1.807) is 0 Å². The zero-order valence-electron chi connectivity index (χ0n) is 21.0. The SMILES string of the molecule is N[C@H](C(=O)N1C(=O)OC[C@@H]1Cc1ccccc1)C1CCC(F)(F)CC1.N[C@H](C(=O)O)C1CCC(F)(F)CC1. The van der Waals surface area contributed by atoms with Crippen LogP contribution < -0.4 is 11.5 Å². The summed E-state index contributed by atoms with van der Waals surface area (Å²) in [6.07, 6.45) is -0.445. The number of rotatable bonds is 6.